The molecule has 0 unspecified atom stereocenters. The third-order valence-corrected chi connectivity index (χ3v) is 2.85. The quantitative estimate of drug-likeness (QED) is 0.651. The highest BCUT2D eigenvalue weighted by Crippen LogP contribution is 2.35. The number of nitrogens with zero attached hydrogens (tertiary/aromatic N) is 2. The molecule has 1 heterocycles. The molecule has 1 aromatic rings. The summed E-state index contributed by atoms with van der Waals surface area (Å²) in [5.41, 5.74) is 6.21. The zero-order valence-electron chi connectivity index (χ0n) is 8.32. The van der Waals surface area contributed by atoms with Crippen molar-refractivity contribution in [2.24, 2.45) is 7.05 Å². The van der Waals surface area contributed by atoms with E-state index in [9.17, 15) is 5.11 Å². The molecule has 2 rings (SSSR count). The number of aromatic nitrogens is 2. The molecule has 5 nitrogen and oxygen atoms in total. The molecule has 0 bridgehead atoms. The molecular weight excluding hydrogens is 180 g/mol. The number of nitrogens with one attached hydrogen (secondary N) is 1. The summed E-state index contributed by atoms with van der Waals surface area (Å²) in [6.07, 6.45) is 4.88. The van der Waals surface area contributed by atoms with Gasteiger partial charge in [-0.1, -0.05) is 0 Å². The van der Waals surface area contributed by atoms with Gasteiger partial charge < -0.3 is 16.2 Å². The minimum absolute atomic E-state index is 0.142. The Balaban J connectivity index is 2.13. The average molecular weight is 196 g/mol. The first-order valence-corrected chi connectivity index (χ1v) is 4.83. The van der Waals surface area contributed by atoms with Gasteiger partial charge in [-0.2, -0.15) is 5.10 Å². The van der Waals surface area contributed by atoms with Gasteiger partial charge >= 0.3 is 0 Å². The first kappa shape index (κ1) is 9.33. The molecule has 1 saturated carbocycles. The van der Waals surface area contributed by atoms with E-state index in [4.69, 9.17) is 5.73 Å². The Bertz CT molecular complexity index is 324. The number of aryl methyl sites for hydroxylation is 1. The third kappa shape index (κ3) is 1.43. The monoisotopic (exact) mass is 196 g/mol. The van der Waals surface area contributed by atoms with Crippen molar-refractivity contribution in [3.63, 3.8) is 0 Å². The van der Waals surface area contributed by atoms with Crippen LogP contribution in [0.25, 0.3) is 0 Å². The second-order valence-corrected chi connectivity index (χ2v) is 4.02. The molecule has 4 N–H and O–H groups in total. The highest BCUT2D eigenvalue weighted by molar-refractivity contribution is 5.61. The molecule has 0 spiro atoms. The number of nitrogen functional groups attached to an aromatic ring is 1. The average Bonchev–Trinajstić information content (AvgIpc) is 2.38. The fourth-order valence-corrected chi connectivity index (χ4v) is 1.78. The lowest BCUT2D eigenvalue weighted by molar-refractivity contribution is 0.144. The van der Waals surface area contributed by atoms with Crippen molar-refractivity contribution in [1.29, 1.82) is 0 Å². The normalized spacial score (nSPS) is 19.0. The van der Waals surface area contributed by atoms with Crippen LogP contribution in [0.3, 0.4) is 0 Å². The van der Waals surface area contributed by atoms with E-state index in [0.29, 0.717) is 11.5 Å². The number of aliphatic hydroxyl groups excluding tert-OH is 1. The summed E-state index contributed by atoms with van der Waals surface area (Å²) in [6, 6.07) is 0. The standard InChI is InChI=1S/C9H16N4O/c1-13-5-7(10)8(12-13)11-9(6-14)3-2-4-9/h5,14H,2-4,6,10H2,1H3,(H,11,12). The fraction of sp³-hybridized carbons (Fsp3) is 0.667. The second kappa shape index (κ2) is 3.16. The second-order valence-electron chi connectivity index (χ2n) is 4.02. The maximum Gasteiger partial charge on any atom is 0.171 e. The minimum atomic E-state index is -0.178. The van der Waals surface area contributed by atoms with Crippen LogP contribution >= 0.6 is 0 Å². The van der Waals surface area contributed by atoms with Gasteiger partial charge in [0.1, 0.15) is 0 Å². The van der Waals surface area contributed by atoms with Crippen molar-refractivity contribution in [3.05, 3.63) is 6.20 Å². The van der Waals surface area contributed by atoms with Crippen LogP contribution in [0, 0.1) is 0 Å². The Morgan fingerprint density at radius 1 is 1.71 bits per heavy atom. The number of hydrogen-bond donors (Lipinski definition) is 3. The summed E-state index contributed by atoms with van der Waals surface area (Å²) >= 11 is 0. The number of nitrogens with two attached hydrogens (primary N) is 1. The van der Waals surface area contributed by atoms with E-state index >= 15 is 0 Å². The summed E-state index contributed by atoms with van der Waals surface area (Å²) < 4.78 is 1.67. The van der Waals surface area contributed by atoms with Crippen molar-refractivity contribution >= 4 is 11.5 Å². The van der Waals surface area contributed by atoms with E-state index in [1.54, 1.807) is 10.9 Å². The SMILES string of the molecule is Cn1cc(N)c(NC2(CO)CCC2)n1. The van der Waals surface area contributed by atoms with Crippen molar-refractivity contribution in [3.8, 4) is 0 Å². The first-order chi connectivity index (χ1) is 6.65. The van der Waals surface area contributed by atoms with E-state index in [1.807, 2.05) is 7.05 Å². The fourth-order valence-electron chi connectivity index (χ4n) is 1.78. The van der Waals surface area contributed by atoms with Crippen molar-refractivity contribution in [2.45, 2.75) is 24.8 Å². The van der Waals surface area contributed by atoms with Crippen LogP contribution in [0.15, 0.2) is 6.20 Å². The number of hydrogen-bond acceptors (Lipinski definition) is 4. The summed E-state index contributed by atoms with van der Waals surface area (Å²) in [5, 5.41) is 16.7. The van der Waals surface area contributed by atoms with E-state index in [2.05, 4.69) is 10.4 Å². The lowest BCUT2D eigenvalue weighted by atomic mass is 9.77. The van der Waals surface area contributed by atoms with Crippen LogP contribution < -0.4 is 11.1 Å². The van der Waals surface area contributed by atoms with Gasteiger partial charge in [-0.05, 0) is 19.3 Å². The molecule has 78 valence electrons. The summed E-state index contributed by atoms with van der Waals surface area (Å²) in [4.78, 5) is 0. The molecule has 1 fully saturated rings. The Morgan fingerprint density at radius 2 is 2.43 bits per heavy atom. The Morgan fingerprint density at radius 3 is 2.79 bits per heavy atom. The van der Waals surface area contributed by atoms with Gasteiger partial charge in [0.05, 0.1) is 17.8 Å². The van der Waals surface area contributed by atoms with Crippen LogP contribution in [0.1, 0.15) is 19.3 Å². The smallest absolute Gasteiger partial charge is 0.171 e. The van der Waals surface area contributed by atoms with Gasteiger partial charge in [0.15, 0.2) is 5.82 Å². The van der Waals surface area contributed by atoms with Gasteiger partial charge in [-0.25, -0.2) is 0 Å². The molecule has 0 amide bonds. The molecule has 0 aromatic carbocycles. The lowest BCUT2D eigenvalue weighted by Crippen LogP contribution is -2.48. The molecule has 1 aliphatic carbocycles. The molecule has 0 atom stereocenters. The molecule has 0 aliphatic heterocycles. The highest BCUT2D eigenvalue weighted by atomic mass is 16.3. The molecule has 0 saturated heterocycles. The summed E-state index contributed by atoms with van der Waals surface area (Å²) in [5.74, 6) is 0.682. The molecule has 5 heteroatoms. The van der Waals surface area contributed by atoms with Crippen LogP contribution in [-0.2, 0) is 7.05 Å². The first-order valence-electron chi connectivity index (χ1n) is 4.83. The van der Waals surface area contributed by atoms with Gasteiger partial charge in [0.25, 0.3) is 0 Å². The topological polar surface area (TPSA) is 76.1 Å². The maximum atomic E-state index is 9.26. The molecule has 0 radical (unpaired) electrons. The van der Waals surface area contributed by atoms with Crippen molar-refractivity contribution in [1.82, 2.24) is 9.78 Å². The van der Waals surface area contributed by atoms with Crippen LogP contribution in [0.2, 0.25) is 0 Å². The van der Waals surface area contributed by atoms with E-state index in [-0.39, 0.29) is 12.1 Å². The predicted octanol–water partition coefficient (Wildman–Crippen LogP) is 0.329. The third-order valence-electron chi connectivity index (χ3n) is 2.85. The molecule has 1 aliphatic rings. The van der Waals surface area contributed by atoms with E-state index in [0.717, 1.165) is 19.3 Å². The molecular formula is C9H16N4O. The van der Waals surface area contributed by atoms with Crippen molar-refractivity contribution in [2.75, 3.05) is 17.7 Å². The largest absolute Gasteiger partial charge is 0.394 e. The summed E-state index contributed by atoms with van der Waals surface area (Å²) in [6.45, 7) is 0.142. The zero-order valence-corrected chi connectivity index (χ0v) is 8.32. The zero-order chi connectivity index (χ0) is 10.2. The van der Waals surface area contributed by atoms with Gasteiger partial charge in [0, 0.05) is 13.2 Å². The van der Waals surface area contributed by atoms with E-state index < -0.39 is 0 Å². The van der Waals surface area contributed by atoms with Crippen molar-refractivity contribution < 1.29 is 5.11 Å². The van der Waals surface area contributed by atoms with Crippen LogP contribution in [-0.4, -0.2) is 27.0 Å². The Kier molecular flexibility index (Phi) is 2.11. The highest BCUT2D eigenvalue weighted by Gasteiger charge is 2.37. The van der Waals surface area contributed by atoms with E-state index in [1.165, 1.54) is 0 Å². The van der Waals surface area contributed by atoms with Gasteiger partial charge in [-0.3, -0.25) is 4.68 Å². The Hall–Kier alpha value is -1.23. The van der Waals surface area contributed by atoms with Gasteiger partial charge in [0.2, 0.25) is 0 Å². The number of anilines is 2. The van der Waals surface area contributed by atoms with Crippen LogP contribution in [0.4, 0.5) is 11.5 Å². The minimum Gasteiger partial charge on any atom is -0.394 e. The predicted molar refractivity (Wildman–Crippen MR) is 54.9 cm³/mol. The van der Waals surface area contributed by atoms with Gasteiger partial charge in [-0.15, -0.1) is 0 Å². The lowest BCUT2D eigenvalue weighted by Gasteiger charge is -2.41. The van der Waals surface area contributed by atoms with Crippen LogP contribution in [0.5, 0.6) is 0 Å². The number of aliphatic hydroxyl groups is 1. The molecule has 14 heavy (non-hydrogen) atoms. The maximum absolute atomic E-state index is 9.26. The molecule has 1 aromatic heterocycles. The number of rotatable bonds is 3. The summed E-state index contributed by atoms with van der Waals surface area (Å²) in [7, 11) is 1.83. The Labute approximate surface area is 82.9 Å².